The van der Waals surface area contributed by atoms with Crippen molar-refractivity contribution >= 4 is 11.8 Å². The van der Waals surface area contributed by atoms with E-state index in [1.54, 1.807) is 11.8 Å². The fourth-order valence-electron chi connectivity index (χ4n) is 0.632. The molecule has 0 aliphatic carbocycles. The van der Waals surface area contributed by atoms with E-state index in [9.17, 15) is 0 Å². The van der Waals surface area contributed by atoms with E-state index in [-0.39, 0.29) is 4.75 Å². The largest absolute Gasteiger partial charge is 0.330 e. The molecule has 0 atom stereocenters. The third-order valence-electron chi connectivity index (χ3n) is 1.15. The van der Waals surface area contributed by atoms with Gasteiger partial charge in [-0.2, -0.15) is 0 Å². The Hall–Kier alpha value is 0.0500. The quantitative estimate of drug-likeness (QED) is 0.654. The van der Waals surface area contributed by atoms with Gasteiger partial charge in [-0.25, -0.2) is 0 Å². The van der Waals surface area contributed by atoms with Crippen LogP contribution in [-0.4, -0.2) is 11.3 Å². The summed E-state index contributed by atoms with van der Waals surface area (Å²) in [5.41, 5.74) is 5.40. The molecule has 0 fully saturated rings. The normalized spacial score (nSPS) is 11.4. The fraction of sp³-hybridized carbons (Fsp3) is 0.714. The minimum atomic E-state index is 0.274. The molecule has 0 heterocycles. The molecule has 2 heteroatoms. The predicted octanol–water partition coefficient (Wildman–Crippen LogP) is 1.99. The fourth-order valence-corrected chi connectivity index (χ4v) is 1.32. The van der Waals surface area contributed by atoms with Gasteiger partial charge in [-0.1, -0.05) is 20.4 Å². The van der Waals surface area contributed by atoms with Gasteiger partial charge < -0.3 is 5.73 Å². The maximum atomic E-state index is 5.40. The Balaban J connectivity index is 3.55. The summed E-state index contributed by atoms with van der Waals surface area (Å²) in [6.45, 7) is 8.75. The van der Waals surface area contributed by atoms with Gasteiger partial charge in [0, 0.05) is 4.75 Å². The van der Waals surface area contributed by atoms with Gasteiger partial charge in [-0.05, 0) is 18.4 Å². The van der Waals surface area contributed by atoms with Gasteiger partial charge in [-0.15, -0.1) is 11.8 Å². The van der Waals surface area contributed by atoms with Crippen LogP contribution < -0.4 is 5.73 Å². The zero-order valence-electron chi connectivity index (χ0n) is 6.18. The first kappa shape index (κ1) is 9.05. The SMILES string of the molecule is C=CSC(C)(C)CCN. The standard InChI is InChI=1S/C7H15NS/c1-4-9-7(2,3)5-6-8/h4H,1,5-6,8H2,2-3H3. The van der Waals surface area contributed by atoms with Gasteiger partial charge in [0.15, 0.2) is 0 Å². The molecule has 0 rings (SSSR count). The Kier molecular flexibility index (Phi) is 3.98. The summed E-state index contributed by atoms with van der Waals surface area (Å²) in [6.07, 6.45) is 1.05. The van der Waals surface area contributed by atoms with Gasteiger partial charge >= 0.3 is 0 Å². The van der Waals surface area contributed by atoms with Crippen LogP contribution in [-0.2, 0) is 0 Å². The third kappa shape index (κ3) is 4.55. The third-order valence-corrected chi connectivity index (χ3v) is 2.16. The zero-order valence-corrected chi connectivity index (χ0v) is 7.00. The molecule has 54 valence electrons. The molecule has 0 radical (unpaired) electrons. The molecule has 2 N–H and O–H groups in total. The van der Waals surface area contributed by atoms with Gasteiger partial charge in [0.25, 0.3) is 0 Å². The van der Waals surface area contributed by atoms with Crippen LogP contribution in [0.2, 0.25) is 0 Å². The lowest BCUT2D eigenvalue weighted by molar-refractivity contribution is 0.652. The van der Waals surface area contributed by atoms with Crippen molar-refractivity contribution < 1.29 is 0 Å². The Morgan fingerprint density at radius 2 is 2.22 bits per heavy atom. The van der Waals surface area contributed by atoms with Crippen molar-refractivity contribution in [3.05, 3.63) is 12.0 Å². The molecule has 0 aliphatic rings. The van der Waals surface area contributed by atoms with Gasteiger partial charge in [0.05, 0.1) is 0 Å². The van der Waals surface area contributed by atoms with E-state index in [4.69, 9.17) is 5.73 Å². The summed E-state index contributed by atoms with van der Waals surface area (Å²) >= 11 is 1.74. The van der Waals surface area contributed by atoms with Crippen molar-refractivity contribution in [2.24, 2.45) is 5.73 Å². The topological polar surface area (TPSA) is 26.0 Å². The molecular formula is C7H15NS. The van der Waals surface area contributed by atoms with Crippen LogP contribution >= 0.6 is 11.8 Å². The van der Waals surface area contributed by atoms with E-state index in [1.165, 1.54) is 0 Å². The smallest absolute Gasteiger partial charge is 0.0156 e. The van der Waals surface area contributed by atoms with E-state index in [1.807, 2.05) is 5.41 Å². The lowest BCUT2D eigenvalue weighted by Gasteiger charge is -2.20. The van der Waals surface area contributed by atoms with Crippen LogP contribution in [0.3, 0.4) is 0 Å². The molecule has 0 unspecified atom stereocenters. The first-order valence-electron chi connectivity index (χ1n) is 3.11. The first-order valence-corrected chi connectivity index (χ1v) is 3.99. The minimum Gasteiger partial charge on any atom is -0.330 e. The number of hydrogen-bond donors (Lipinski definition) is 1. The summed E-state index contributed by atoms with van der Waals surface area (Å²) in [5.74, 6) is 0. The molecule has 0 aromatic heterocycles. The second-order valence-corrected chi connectivity index (χ2v) is 4.26. The lowest BCUT2D eigenvalue weighted by atomic mass is 10.1. The minimum absolute atomic E-state index is 0.274. The monoisotopic (exact) mass is 145 g/mol. The summed E-state index contributed by atoms with van der Waals surface area (Å²) in [7, 11) is 0. The highest BCUT2D eigenvalue weighted by Gasteiger charge is 2.14. The molecule has 0 saturated carbocycles. The van der Waals surface area contributed by atoms with Crippen molar-refractivity contribution in [3.63, 3.8) is 0 Å². The molecule has 0 aromatic rings. The molecule has 0 aliphatic heterocycles. The zero-order chi connectivity index (χ0) is 7.33. The molecular weight excluding hydrogens is 130 g/mol. The second kappa shape index (κ2) is 3.96. The Labute approximate surface area is 61.7 Å². The Bertz CT molecular complexity index is 88.9. The van der Waals surface area contributed by atoms with Crippen molar-refractivity contribution in [3.8, 4) is 0 Å². The van der Waals surface area contributed by atoms with Gasteiger partial charge in [0.1, 0.15) is 0 Å². The van der Waals surface area contributed by atoms with Crippen LogP contribution in [0.25, 0.3) is 0 Å². The van der Waals surface area contributed by atoms with E-state index in [0.717, 1.165) is 13.0 Å². The van der Waals surface area contributed by atoms with Crippen molar-refractivity contribution in [2.75, 3.05) is 6.54 Å². The van der Waals surface area contributed by atoms with E-state index in [2.05, 4.69) is 20.4 Å². The van der Waals surface area contributed by atoms with Crippen molar-refractivity contribution in [1.82, 2.24) is 0 Å². The molecule has 0 amide bonds. The average molecular weight is 145 g/mol. The molecule has 0 bridgehead atoms. The van der Waals surface area contributed by atoms with Gasteiger partial charge in [-0.3, -0.25) is 0 Å². The molecule has 9 heavy (non-hydrogen) atoms. The highest BCUT2D eigenvalue weighted by molar-refractivity contribution is 8.03. The molecule has 1 nitrogen and oxygen atoms in total. The van der Waals surface area contributed by atoms with Crippen molar-refractivity contribution in [2.45, 2.75) is 25.0 Å². The highest BCUT2D eigenvalue weighted by Crippen LogP contribution is 2.27. The maximum absolute atomic E-state index is 5.40. The average Bonchev–Trinajstić information content (AvgIpc) is 1.64. The van der Waals surface area contributed by atoms with E-state index < -0.39 is 0 Å². The highest BCUT2D eigenvalue weighted by atomic mass is 32.2. The Morgan fingerprint density at radius 3 is 2.56 bits per heavy atom. The van der Waals surface area contributed by atoms with Crippen LogP contribution in [0.5, 0.6) is 0 Å². The number of thioether (sulfide) groups is 1. The van der Waals surface area contributed by atoms with Crippen LogP contribution in [0.1, 0.15) is 20.3 Å². The molecule has 0 spiro atoms. The van der Waals surface area contributed by atoms with Gasteiger partial charge in [0.2, 0.25) is 0 Å². The predicted molar refractivity (Wildman–Crippen MR) is 45.5 cm³/mol. The van der Waals surface area contributed by atoms with Crippen molar-refractivity contribution in [1.29, 1.82) is 0 Å². The lowest BCUT2D eigenvalue weighted by Crippen LogP contribution is -2.18. The molecule has 0 aromatic carbocycles. The summed E-state index contributed by atoms with van der Waals surface area (Å²) in [4.78, 5) is 0. The second-order valence-electron chi connectivity index (χ2n) is 2.58. The Morgan fingerprint density at radius 1 is 1.67 bits per heavy atom. The maximum Gasteiger partial charge on any atom is 0.0156 e. The number of hydrogen-bond acceptors (Lipinski definition) is 2. The summed E-state index contributed by atoms with van der Waals surface area (Å²) < 4.78 is 0.274. The van der Waals surface area contributed by atoms with E-state index in [0.29, 0.717) is 0 Å². The number of nitrogens with two attached hydrogens (primary N) is 1. The summed E-state index contributed by atoms with van der Waals surface area (Å²) in [6, 6.07) is 0. The van der Waals surface area contributed by atoms with E-state index >= 15 is 0 Å². The first-order chi connectivity index (χ1) is 4.12. The number of rotatable bonds is 4. The van der Waals surface area contributed by atoms with Crippen LogP contribution in [0.4, 0.5) is 0 Å². The van der Waals surface area contributed by atoms with Crippen LogP contribution in [0.15, 0.2) is 12.0 Å². The van der Waals surface area contributed by atoms with Crippen LogP contribution in [0, 0.1) is 0 Å². The molecule has 0 saturated heterocycles. The summed E-state index contributed by atoms with van der Waals surface area (Å²) in [5, 5.41) is 1.87.